The highest BCUT2D eigenvalue weighted by Gasteiger charge is 2.55. The average Bonchev–Trinajstić information content (AvgIpc) is 3.42. The predicted octanol–water partition coefficient (Wildman–Crippen LogP) is 7.03. The Morgan fingerprint density at radius 1 is 0.773 bits per heavy atom. The largest absolute Gasteiger partial charge is 0.490 e. The summed E-state index contributed by atoms with van der Waals surface area (Å²) in [4.78, 5) is 34.2. The Morgan fingerprint density at radius 2 is 1.36 bits per heavy atom. The van der Waals surface area contributed by atoms with Crippen LogP contribution in [0.4, 0.5) is 0 Å². The fourth-order valence-corrected chi connectivity index (χ4v) is 6.35. The smallest absolute Gasteiger partial charge is 0.308 e. The Balaban J connectivity index is 0.000000185. The van der Waals surface area contributed by atoms with Crippen LogP contribution in [-0.2, 0) is 33.3 Å². The number of rotatable bonds is 13. The number of epoxide rings is 1. The van der Waals surface area contributed by atoms with E-state index in [9.17, 15) is 14.4 Å². The average molecular weight is 617 g/mol. The topological polar surface area (TPSA) is 101 Å². The first-order chi connectivity index (χ1) is 21.2. The highest BCUT2D eigenvalue weighted by molar-refractivity contribution is 5.72. The molecule has 2 bridgehead atoms. The van der Waals surface area contributed by atoms with E-state index >= 15 is 0 Å². The quantitative estimate of drug-likeness (QED) is 0.101. The number of hydrogen-bond donors (Lipinski definition) is 0. The second-order valence-corrected chi connectivity index (χ2v) is 13.0. The molecule has 248 valence electrons. The van der Waals surface area contributed by atoms with Gasteiger partial charge in [-0.2, -0.15) is 0 Å². The number of carbonyl (C=O) groups excluding carboxylic acids is 3. The van der Waals surface area contributed by atoms with Gasteiger partial charge < -0.3 is 23.7 Å². The zero-order valence-electron chi connectivity index (χ0n) is 27.8. The van der Waals surface area contributed by atoms with Crippen molar-refractivity contribution >= 4 is 17.9 Å². The Labute approximate surface area is 264 Å². The van der Waals surface area contributed by atoms with E-state index in [1.54, 1.807) is 0 Å². The highest BCUT2D eigenvalue weighted by atomic mass is 16.6. The number of para-hydroxylation sites is 1. The van der Waals surface area contributed by atoms with Gasteiger partial charge in [0, 0.05) is 0 Å². The highest BCUT2D eigenvalue weighted by Crippen LogP contribution is 2.59. The predicted molar refractivity (Wildman–Crippen MR) is 169 cm³/mol. The molecule has 8 heteroatoms. The van der Waals surface area contributed by atoms with Gasteiger partial charge in [0.15, 0.2) is 0 Å². The van der Waals surface area contributed by atoms with Gasteiger partial charge in [0.2, 0.25) is 0 Å². The van der Waals surface area contributed by atoms with Crippen LogP contribution in [0.1, 0.15) is 92.9 Å². The van der Waals surface area contributed by atoms with Crippen molar-refractivity contribution in [2.45, 2.75) is 105 Å². The summed E-state index contributed by atoms with van der Waals surface area (Å²) in [6.07, 6.45) is 9.73. The summed E-state index contributed by atoms with van der Waals surface area (Å²) in [7, 11) is 0. The van der Waals surface area contributed by atoms with Gasteiger partial charge in [-0.3, -0.25) is 14.4 Å². The van der Waals surface area contributed by atoms with Crippen molar-refractivity contribution in [3.63, 3.8) is 0 Å². The Hall–Kier alpha value is -2.61. The lowest BCUT2D eigenvalue weighted by atomic mass is 9.80. The van der Waals surface area contributed by atoms with Crippen molar-refractivity contribution in [1.82, 2.24) is 0 Å². The van der Waals surface area contributed by atoms with Gasteiger partial charge in [-0.25, -0.2) is 0 Å². The van der Waals surface area contributed by atoms with E-state index in [1.165, 1.54) is 25.7 Å². The molecule has 0 N–H and O–H groups in total. The third-order valence-electron chi connectivity index (χ3n) is 9.83. The van der Waals surface area contributed by atoms with Crippen molar-refractivity contribution in [1.29, 1.82) is 0 Å². The molecule has 44 heavy (non-hydrogen) atoms. The molecule has 1 aromatic carbocycles. The molecule has 8 nitrogen and oxygen atoms in total. The maximum absolute atomic E-state index is 11.9. The number of fused-ring (bicyclic) bond motifs is 5. The van der Waals surface area contributed by atoms with Gasteiger partial charge in [-0.05, 0) is 80.8 Å². The van der Waals surface area contributed by atoms with Crippen LogP contribution in [0.5, 0.6) is 5.75 Å². The summed E-state index contributed by atoms with van der Waals surface area (Å²) >= 11 is 0. The molecular weight excluding hydrogens is 560 g/mol. The lowest BCUT2D eigenvalue weighted by Gasteiger charge is -2.31. The number of hydrogen-bond acceptors (Lipinski definition) is 8. The van der Waals surface area contributed by atoms with Crippen LogP contribution in [-0.4, -0.2) is 56.5 Å². The molecule has 0 spiro atoms. The first kappa shape index (κ1) is 35.9. The lowest BCUT2D eigenvalue weighted by Crippen LogP contribution is -2.33. The first-order valence-electron chi connectivity index (χ1n) is 17.0. The lowest BCUT2D eigenvalue weighted by molar-refractivity contribution is -0.157. The second kappa shape index (κ2) is 18.4. The summed E-state index contributed by atoms with van der Waals surface area (Å²) in [5.74, 6) is 4.10. The van der Waals surface area contributed by atoms with E-state index in [-0.39, 0.29) is 47.9 Å². The zero-order chi connectivity index (χ0) is 32.1. The third-order valence-corrected chi connectivity index (χ3v) is 9.83. The molecule has 1 saturated heterocycles. The SMILES string of the molecule is CCC(C)C(=O)OC1CC2CC1C1CCCC21.CCC(C)C(=O)OCC1CO1.CCC(C)C(=O)OCCOc1ccccc1. The molecule has 3 aliphatic carbocycles. The molecule has 1 aromatic rings. The molecule has 0 amide bonds. The van der Waals surface area contributed by atoms with Gasteiger partial charge >= 0.3 is 17.9 Å². The molecule has 0 aromatic heterocycles. The summed E-state index contributed by atoms with van der Waals surface area (Å²) in [5.41, 5.74) is 0. The molecule has 4 fully saturated rings. The van der Waals surface area contributed by atoms with Crippen molar-refractivity contribution in [3.05, 3.63) is 30.3 Å². The van der Waals surface area contributed by atoms with Crippen LogP contribution in [0.3, 0.4) is 0 Å². The second-order valence-electron chi connectivity index (χ2n) is 13.0. The van der Waals surface area contributed by atoms with E-state index in [0.29, 0.717) is 25.7 Å². The van der Waals surface area contributed by atoms with Crippen molar-refractivity contribution in [2.24, 2.45) is 41.4 Å². The van der Waals surface area contributed by atoms with Crippen LogP contribution in [0, 0.1) is 41.4 Å². The minimum absolute atomic E-state index is 0.0220. The van der Waals surface area contributed by atoms with E-state index < -0.39 is 0 Å². The molecule has 9 atom stereocenters. The molecule has 0 radical (unpaired) electrons. The maximum Gasteiger partial charge on any atom is 0.308 e. The van der Waals surface area contributed by atoms with Crippen molar-refractivity contribution in [2.75, 3.05) is 26.4 Å². The van der Waals surface area contributed by atoms with Crippen molar-refractivity contribution < 1.29 is 38.1 Å². The zero-order valence-corrected chi connectivity index (χ0v) is 27.8. The molecule has 4 aliphatic rings. The summed E-state index contributed by atoms with van der Waals surface area (Å²) in [5, 5.41) is 0. The molecule has 9 unspecified atom stereocenters. The minimum Gasteiger partial charge on any atom is -0.490 e. The molecule has 3 saturated carbocycles. The summed E-state index contributed by atoms with van der Waals surface area (Å²) in [6, 6.07) is 9.48. The standard InChI is InChI=1S/C15H24O2.C13H18O3.C8H14O3/c1-3-9(2)15(16)17-14-8-10-7-13(14)12-6-4-5-11(10)12;1-3-11(2)13(14)16-10-9-15-12-7-5-4-6-8-12;1-3-6(2)8(9)11-5-7-4-10-7/h9-14H,3-8H2,1-2H3;4-8,11H,3,9-10H2,1-2H3;6-7H,3-5H2,1-2H3. The Kier molecular flexibility index (Phi) is 15.0. The monoisotopic (exact) mass is 616 g/mol. The van der Waals surface area contributed by atoms with Crippen molar-refractivity contribution in [3.8, 4) is 5.75 Å². The van der Waals surface area contributed by atoms with E-state index in [4.69, 9.17) is 23.7 Å². The first-order valence-corrected chi connectivity index (χ1v) is 17.0. The van der Waals surface area contributed by atoms with Crippen LogP contribution < -0.4 is 4.74 Å². The minimum atomic E-state index is -0.154. The van der Waals surface area contributed by atoms with E-state index in [1.807, 2.05) is 65.0 Å². The Morgan fingerprint density at radius 3 is 1.98 bits per heavy atom. The normalized spacial score (nSPS) is 27.7. The number of esters is 3. The summed E-state index contributed by atoms with van der Waals surface area (Å²) in [6.45, 7) is 13.6. The van der Waals surface area contributed by atoms with Gasteiger partial charge in [-0.15, -0.1) is 0 Å². The molecule has 5 rings (SSSR count). The van der Waals surface area contributed by atoms with Gasteiger partial charge in [0.05, 0.1) is 24.4 Å². The third kappa shape index (κ3) is 11.1. The number of ether oxygens (including phenoxy) is 5. The Bertz CT molecular complexity index is 1010. The maximum atomic E-state index is 11.9. The van der Waals surface area contributed by atoms with Crippen LogP contribution in [0.25, 0.3) is 0 Å². The van der Waals surface area contributed by atoms with E-state index in [0.717, 1.165) is 55.8 Å². The fraction of sp³-hybridized carbons (Fsp3) is 0.750. The van der Waals surface area contributed by atoms with Crippen LogP contribution >= 0.6 is 0 Å². The van der Waals surface area contributed by atoms with E-state index in [2.05, 4.69) is 6.92 Å². The van der Waals surface area contributed by atoms with Gasteiger partial charge in [-0.1, -0.05) is 66.2 Å². The summed E-state index contributed by atoms with van der Waals surface area (Å²) < 4.78 is 26.1. The molecule has 1 heterocycles. The number of benzene rings is 1. The van der Waals surface area contributed by atoms with Gasteiger partial charge in [0.25, 0.3) is 0 Å². The van der Waals surface area contributed by atoms with Gasteiger partial charge in [0.1, 0.15) is 37.8 Å². The number of carbonyl (C=O) groups is 3. The molecular formula is C36H56O8. The van der Waals surface area contributed by atoms with Crippen LogP contribution in [0.15, 0.2) is 30.3 Å². The fourth-order valence-electron chi connectivity index (χ4n) is 6.35. The molecule has 1 aliphatic heterocycles. The van der Waals surface area contributed by atoms with Crippen LogP contribution in [0.2, 0.25) is 0 Å².